The molecule has 0 fully saturated rings. The first-order chi connectivity index (χ1) is 15.5. The molecule has 5 aromatic rings. The summed E-state index contributed by atoms with van der Waals surface area (Å²) in [7, 11) is 0. The van der Waals surface area contributed by atoms with Crippen molar-refractivity contribution in [2.75, 3.05) is 5.73 Å². The molecule has 0 saturated heterocycles. The second-order valence-electron chi connectivity index (χ2n) is 7.22. The quantitative estimate of drug-likeness (QED) is 0.300. The van der Waals surface area contributed by atoms with Crippen LogP contribution in [0.2, 0.25) is 5.02 Å². The second kappa shape index (κ2) is 8.15. The molecular weight excluding hydrogens is 443 g/mol. The molecular formula is C25H16ClFN4S. The fourth-order valence-corrected chi connectivity index (χ4v) is 4.09. The third-order valence-corrected chi connectivity index (χ3v) is 5.73. The predicted octanol–water partition coefficient (Wildman–Crippen LogP) is 6.86. The smallest absolute Gasteiger partial charge is 0.207 e. The van der Waals surface area contributed by atoms with Crippen molar-refractivity contribution in [1.29, 1.82) is 0 Å². The van der Waals surface area contributed by atoms with Crippen molar-refractivity contribution in [3.63, 3.8) is 0 Å². The SMILES string of the molecule is Nc1c2c(-c3ccc(Cl)cc3)cc(-c3ccccc3)nc2nc(=S)n1-c1ccc(F)cc1. The van der Waals surface area contributed by atoms with E-state index in [9.17, 15) is 4.39 Å². The van der Waals surface area contributed by atoms with Crippen LogP contribution < -0.4 is 5.73 Å². The van der Waals surface area contributed by atoms with Crippen LogP contribution in [0.1, 0.15) is 0 Å². The van der Waals surface area contributed by atoms with Crippen LogP contribution in [-0.4, -0.2) is 14.5 Å². The average Bonchev–Trinajstić information content (AvgIpc) is 2.80. The number of nitrogens with zero attached hydrogens (tertiary/aromatic N) is 3. The summed E-state index contributed by atoms with van der Waals surface area (Å²) >= 11 is 11.7. The van der Waals surface area contributed by atoms with Gasteiger partial charge in [-0.3, -0.25) is 4.57 Å². The van der Waals surface area contributed by atoms with Crippen LogP contribution in [0.4, 0.5) is 10.2 Å². The number of benzene rings is 3. The van der Waals surface area contributed by atoms with Crippen LogP contribution in [0.25, 0.3) is 39.1 Å². The van der Waals surface area contributed by atoms with E-state index >= 15 is 0 Å². The molecule has 0 aliphatic rings. The average molecular weight is 459 g/mol. The van der Waals surface area contributed by atoms with Crippen LogP contribution >= 0.6 is 23.8 Å². The van der Waals surface area contributed by atoms with E-state index in [0.29, 0.717) is 27.6 Å². The topological polar surface area (TPSA) is 56.7 Å². The summed E-state index contributed by atoms with van der Waals surface area (Å²) in [6.07, 6.45) is 0. The Morgan fingerprint density at radius 1 is 0.844 bits per heavy atom. The highest BCUT2D eigenvalue weighted by Gasteiger charge is 2.17. The van der Waals surface area contributed by atoms with Crippen molar-refractivity contribution in [3.8, 4) is 28.1 Å². The first-order valence-electron chi connectivity index (χ1n) is 9.82. The maximum atomic E-state index is 13.5. The number of halogens is 2. The van der Waals surface area contributed by atoms with E-state index in [1.54, 1.807) is 16.7 Å². The molecule has 0 aliphatic heterocycles. The molecule has 7 heteroatoms. The number of aromatic nitrogens is 3. The Hall–Kier alpha value is -3.61. The first-order valence-corrected chi connectivity index (χ1v) is 10.6. The summed E-state index contributed by atoms with van der Waals surface area (Å²) in [6.45, 7) is 0. The Balaban J connectivity index is 1.86. The minimum Gasteiger partial charge on any atom is -0.384 e. The first kappa shape index (κ1) is 20.3. The Morgan fingerprint density at radius 3 is 2.22 bits per heavy atom. The van der Waals surface area contributed by atoms with Gasteiger partial charge in [0.05, 0.1) is 16.8 Å². The maximum absolute atomic E-state index is 13.5. The Labute approximate surface area is 193 Å². The van der Waals surface area contributed by atoms with Gasteiger partial charge in [0, 0.05) is 10.6 Å². The molecule has 3 aromatic carbocycles. The van der Waals surface area contributed by atoms with E-state index in [4.69, 9.17) is 34.5 Å². The minimum absolute atomic E-state index is 0.237. The molecule has 0 spiro atoms. The third kappa shape index (κ3) is 3.64. The van der Waals surface area contributed by atoms with E-state index in [2.05, 4.69) is 4.98 Å². The summed E-state index contributed by atoms with van der Waals surface area (Å²) in [6, 6.07) is 25.3. The van der Waals surface area contributed by atoms with E-state index < -0.39 is 0 Å². The third-order valence-electron chi connectivity index (χ3n) is 5.20. The van der Waals surface area contributed by atoms with Gasteiger partial charge in [-0.15, -0.1) is 0 Å². The van der Waals surface area contributed by atoms with Crippen LogP contribution in [-0.2, 0) is 0 Å². The summed E-state index contributed by atoms with van der Waals surface area (Å²) < 4.78 is 15.3. The fraction of sp³-hybridized carbons (Fsp3) is 0. The molecule has 4 nitrogen and oxygen atoms in total. The summed E-state index contributed by atoms with van der Waals surface area (Å²) in [5.74, 6) is 0.0345. The fourth-order valence-electron chi connectivity index (χ4n) is 3.67. The van der Waals surface area contributed by atoms with E-state index in [-0.39, 0.29) is 10.6 Å². The molecule has 2 aromatic heterocycles. The number of hydrogen-bond acceptors (Lipinski definition) is 4. The molecule has 0 bridgehead atoms. The van der Waals surface area contributed by atoms with Crippen molar-refractivity contribution in [2.24, 2.45) is 0 Å². The second-order valence-corrected chi connectivity index (χ2v) is 8.02. The molecule has 2 N–H and O–H groups in total. The van der Waals surface area contributed by atoms with Crippen LogP contribution in [0.5, 0.6) is 0 Å². The summed E-state index contributed by atoms with van der Waals surface area (Å²) in [4.78, 5) is 9.35. The number of hydrogen-bond donors (Lipinski definition) is 1. The van der Waals surface area contributed by atoms with Gasteiger partial charge in [-0.05, 0) is 65.8 Å². The zero-order chi connectivity index (χ0) is 22.2. The minimum atomic E-state index is -0.344. The number of nitrogens with two attached hydrogens (primary N) is 1. The molecule has 32 heavy (non-hydrogen) atoms. The predicted molar refractivity (Wildman–Crippen MR) is 130 cm³/mol. The highest BCUT2D eigenvalue weighted by molar-refractivity contribution is 7.71. The number of fused-ring (bicyclic) bond motifs is 1. The molecule has 156 valence electrons. The highest BCUT2D eigenvalue weighted by atomic mass is 35.5. The van der Waals surface area contributed by atoms with Crippen LogP contribution in [0, 0.1) is 10.6 Å². The molecule has 0 radical (unpaired) electrons. The van der Waals surface area contributed by atoms with Crippen molar-refractivity contribution in [1.82, 2.24) is 14.5 Å². The van der Waals surface area contributed by atoms with Gasteiger partial charge in [-0.1, -0.05) is 54.1 Å². The molecule has 0 unspecified atom stereocenters. The van der Waals surface area contributed by atoms with Gasteiger partial charge in [0.15, 0.2) is 5.65 Å². The van der Waals surface area contributed by atoms with E-state index in [1.165, 1.54) is 12.1 Å². The molecule has 0 atom stereocenters. The zero-order valence-electron chi connectivity index (χ0n) is 16.7. The van der Waals surface area contributed by atoms with Crippen molar-refractivity contribution < 1.29 is 4.39 Å². The van der Waals surface area contributed by atoms with Gasteiger partial charge in [0.2, 0.25) is 4.77 Å². The monoisotopic (exact) mass is 458 g/mol. The zero-order valence-corrected chi connectivity index (χ0v) is 18.2. The lowest BCUT2D eigenvalue weighted by molar-refractivity contribution is 0.627. The normalized spacial score (nSPS) is 11.1. The number of anilines is 1. The van der Waals surface area contributed by atoms with E-state index in [0.717, 1.165) is 22.4 Å². The number of rotatable bonds is 3. The van der Waals surface area contributed by atoms with Gasteiger partial charge in [-0.25, -0.2) is 9.37 Å². The van der Waals surface area contributed by atoms with Crippen molar-refractivity contribution in [2.45, 2.75) is 0 Å². The summed E-state index contributed by atoms with van der Waals surface area (Å²) in [5, 5.41) is 1.29. The van der Waals surface area contributed by atoms with Crippen LogP contribution in [0.15, 0.2) is 84.9 Å². The van der Waals surface area contributed by atoms with Gasteiger partial charge >= 0.3 is 0 Å². The Kier molecular flexibility index (Phi) is 5.17. The largest absolute Gasteiger partial charge is 0.384 e. The number of nitrogen functional groups attached to an aromatic ring is 1. The lowest BCUT2D eigenvalue weighted by Crippen LogP contribution is -2.09. The van der Waals surface area contributed by atoms with Gasteiger partial charge in [0.25, 0.3) is 0 Å². The van der Waals surface area contributed by atoms with Crippen molar-refractivity contribution >= 4 is 40.7 Å². The number of pyridine rings is 1. The Bertz CT molecular complexity index is 1500. The standard InChI is InChI=1S/C25H16ClFN4S/c26-17-8-6-15(7-9-17)20-14-21(16-4-2-1-3-5-16)29-24-22(20)23(28)31(25(32)30-24)19-12-10-18(27)11-13-19/h1-14H,28H2. The molecule has 2 heterocycles. The summed E-state index contributed by atoms with van der Waals surface area (Å²) in [5.41, 5.74) is 11.2. The van der Waals surface area contributed by atoms with Gasteiger partial charge < -0.3 is 5.73 Å². The highest BCUT2D eigenvalue weighted by Crippen LogP contribution is 2.36. The molecule has 0 aliphatic carbocycles. The molecule has 0 saturated carbocycles. The van der Waals surface area contributed by atoms with Crippen LogP contribution in [0.3, 0.4) is 0 Å². The molecule has 5 rings (SSSR count). The maximum Gasteiger partial charge on any atom is 0.207 e. The Morgan fingerprint density at radius 2 is 1.53 bits per heavy atom. The lowest BCUT2D eigenvalue weighted by Gasteiger charge is -2.16. The van der Waals surface area contributed by atoms with E-state index in [1.807, 2.05) is 60.7 Å². The molecule has 0 amide bonds. The lowest BCUT2D eigenvalue weighted by atomic mass is 9.99. The van der Waals surface area contributed by atoms with Gasteiger partial charge in [0.1, 0.15) is 11.6 Å². The van der Waals surface area contributed by atoms with Gasteiger partial charge in [-0.2, -0.15) is 4.98 Å². The van der Waals surface area contributed by atoms with Crippen molar-refractivity contribution in [3.05, 3.63) is 101 Å².